The van der Waals surface area contributed by atoms with E-state index < -0.39 is 5.60 Å². The van der Waals surface area contributed by atoms with E-state index in [9.17, 15) is 9.90 Å². The number of piperidine rings is 1. The molecule has 0 amide bonds. The second-order valence-electron chi connectivity index (χ2n) is 7.41. The lowest BCUT2D eigenvalue weighted by atomic mass is 9.91. The number of rotatable bonds is 4. The second kappa shape index (κ2) is 7.84. The Hall–Kier alpha value is -1.92. The molecule has 2 aromatic carbocycles. The van der Waals surface area contributed by atoms with Gasteiger partial charge in [0.2, 0.25) is 0 Å². The Morgan fingerprint density at radius 2 is 1.82 bits per heavy atom. The summed E-state index contributed by atoms with van der Waals surface area (Å²) >= 11 is 12.4. The van der Waals surface area contributed by atoms with Gasteiger partial charge in [0.15, 0.2) is 0 Å². The third-order valence-corrected chi connectivity index (χ3v) is 6.27. The van der Waals surface area contributed by atoms with Gasteiger partial charge in [-0.3, -0.25) is 14.3 Å². The molecule has 28 heavy (non-hydrogen) atoms. The maximum Gasteiger partial charge on any atom is 0.261 e. The van der Waals surface area contributed by atoms with Gasteiger partial charge in [0.1, 0.15) is 0 Å². The van der Waals surface area contributed by atoms with Gasteiger partial charge in [0, 0.05) is 19.6 Å². The molecular formula is C21H21Cl2N3O2. The van der Waals surface area contributed by atoms with Gasteiger partial charge < -0.3 is 5.11 Å². The summed E-state index contributed by atoms with van der Waals surface area (Å²) in [4.78, 5) is 19.3. The number of likely N-dealkylation sites (tertiary alicyclic amines) is 1. The minimum Gasteiger partial charge on any atom is -0.388 e. The number of hydrogen-bond donors (Lipinski definition) is 1. The first-order valence-electron chi connectivity index (χ1n) is 9.27. The highest BCUT2D eigenvalue weighted by atomic mass is 35.5. The van der Waals surface area contributed by atoms with Crippen molar-refractivity contribution in [1.29, 1.82) is 0 Å². The van der Waals surface area contributed by atoms with Crippen molar-refractivity contribution in [2.45, 2.75) is 31.5 Å². The fourth-order valence-electron chi connectivity index (χ4n) is 3.73. The SMILES string of the molecule is O=c1c2ccccc2ncn1CC1(O)CCN(Cc2cccc(Cl)c2Cl)CC1. The van der Waals surface area contributed by atoms with Crippen LogP contribution in [0.4, 0.5) is 0 Å². The number of fused-ring (bicyclic) bond motifs is 1. The molecule has 1 N–H and O–H groups in total. The summed E-state index contributed by atoms with van der Waals surface area (Å²) in [6.07, 6.45) is 2.68. The van der Waals surface area contributed by atoms with Crippen molar-refractivity contribution >= 4 is 34.1 Å². The zero-order valence-corrected chi connectivity index (χ0v) is 16.8. The van der Waals surface area contributed by atoms with E-state index in [0.717, 1.165) is 18.7 Å². The first-order chi connectivity index (χ1) is 13.5. The van der Waals surface area contributed by atoms with Crippen LogP contribution in [0.5, 0.6) is 0 Å². The molecule has 0 bridgehead atoms. The van der Waals surface area contributed by atoms with E-state index in [1.807, 2.05) is 30.3 Å². The number of nitrogens with zero attached hydrogens (tertiary/aromatic N) is 3. The van der Waals surface area contributed by atoms with Crippen LogP contribution in [0.25, 0.3) is 10.9 Å². The zero-order chi connectivity index (χ0) is 19.7. The Kier molecular flexibility index (Phi) is 5.43. The third-order valence-electron chi connectivity index (χ3n) is 5.41. The van der Waals surface area contributed by atoms with E-state index in [0.29, 0.717) is 40.3 Å². The maximum absolute atomic E-state index is 12.7. The van der Waals surface area contributed by atoms with Gasteiger partial charge in [-0.2, -0.15) is 0 Å². The third kappa shape index (κ3) is 3.94. The van der Waals surface area contributed by atoms with Crippen LogP contribution in [-0.4, -0.2) is 38.2 Å². The van der Waals surface area contributed by atoms with Gasteiger partial charge in [-0.1, -0.05) is 47.5 Å². The molecule has 0 radical (unpaired) electrons. The van der Waals surface area contributed by atoms with E-state index in [1.165, 1.54) is 10.9 Å². The van der Waals surface area contributed by atoms with E-state index in [4.69, 9.17) is 23.2 Å². The molecule has 146 valence electrons. The first-order valence-corrected chi connectivity index (χ1v) is 10.0. The van der Waals surface area contributed by atoms with Gasteiger partial charge in [-0.25, -0.2) is 4.98 Å². The number of para-hydroxylation sites is 1. The van der Waals surface area contributed by atoms with E-state index >= 15 is 0 Å². The molecule has 0 spiro atoms. The molecule has 0 unspecified atom stereocenters. The van der Waals surface area contributed by atoms with Crippen LogP contribution in [0.15, 0.2) is 53.6 Å². The van der Waals surface area contributed by atoms with Crippen molar-refractivity contribution in [2.75, 3.05) is 13.1 Å². The molecule has 1 aromatic heterocycles. The lowest BCUT2D eigenvalue weighted by Crippen LogP contribution is -2.47. The van der Waals surface area contributed by atoms with Gasteiger partial charge >= 0.3 is 0 Å². The van der Waals surface area contributed by atoms with Gasteiger partial charge in [-0.05, 0) is 36.6 Å². The number of hydrogen-bond acceptors (Lipinski definition) is 4. The van der Waals surface area contributed by atoms with Gasteiger partial charge in [-0.15, -0.1) is 0 Å². The van der Waals surface area contributed by atoms with E-state index in [-0.39, 0.29) is 12.1 Å². The lowest BCUT2D eigenvalue weighted by molar-refractivity contribution is -0.0364. The predicted octanol–water partition coefficient (Wildman–Crippen LogP) is 3.73. The Morgan fingerprint density at radius 3 is 2.61 bits per heavy atom. The summed E-state index contributed by atoms with van der Waals surface area (Å²) in [5.74, 6) is 0. The summed E-state index contributed by atoms with van der Waals surface area (Å²) in [5.41, 5.74) is 0.605. The normalized spacial score (nSPS) is 17.1. The van der Waals surface area contributed by atoms with Crippen LogP contribution >= 0.6 is 23.2 Å². The average Bonchev–Trinajstić information content (AvgIpc) is 2.70. The zero-order valence-electron chi connectivity index (χ0n) is 15.3. The molecule has 1 fully saturated rings. The molecule has 5 nitrogen and oxygen atoms in total. The fourth-order valence-corrected chi connectivity index (χ4v) is 4.11. The minimum atomic E-state index is -0.928. The number of halogens is 2. The highest BCUT2D eigenvalue weighted by Crippen LogP contribution is 2.29. The van der Waals surface area contributed by atoms with Crippen molar-refractivity contribution < 1.29 is 5.11 Å². The Labute approximate surface area is 173 Å². The summed E-state index contributed by atoms with van der Waals surface area (Å²) in [6.45, 7) is 2.37. The van der Waals surface area contributed by atoms with Gasteiger partial charge in [0.25, 0.3) is 5.56 Å². The standard InChI is InChI=1S/C21H21Cl2N3O2/c22-17-6-3-4-15(19(17)23)12-25-10-8-21(28,9-11-25)13-26-14-24-18-7-2-1-5-16(18)20(26)27/h1-7,14,28H,8-13H2. The van der Waals surface area contributed by atoms with Crippen LogP contribution in [0.1, 0.15) is 18.4 Å². The first kappa shape index (κ1) is 19.4. The van der Waals surface area contributed by atoms with E-state index in [2.05, 4.69) is 9.88 Å². The smallest absolute Gasteiger partial charge is 0.261 e. The molecule has 1 aliphatic heterocycles. The fraction of sp³-hybridized carbons (Fsp3) is 0.333. The summed E-state index contributed by atoms with van der Waals surface area (Å²) in [7, 11) is 0. The second-order valence-corrected chi connectivity index (χ2v) is 8.19. The molecule has 0 aliphatic carbocycles. The quantitative estimate of drug-likeness (QED) is 0.702. The monoisotopic (exact) mass is 417 g/mol. The van der Waals surface area contributed by atoms with Crippen molar-refractivity contribution in [1.82, 2.24) is 14.5 Å². The Balaban J connectivity index is 1.45. The van der Waals surface area contributed by atoms with E-state index in [1.54, 1.807) is 12.1 Å². The van der Waals surface area contributed by atoms with Crippen LogP contribution in [0.3, 0.4) is 0 Å². The molecule has 7 heteroatoms. The minimum absolute atomic E-state index is 0.118. The number of benzene rings is 2. The van der Waals surface area contributed by atoms with Crippen LogP contribution in [0.2, 0.25) is 10.0 Å². The molecule has 0 atom stereocenters. The molecule has 1 saturated heterocycles. The molecule has 2 heterocycles. The van der Waals surface area contributed by atoms with Crippen molar-refractivity contribution in [3.8, 4) is 0 Å². The highest BCUT2D eigenvalue weighted by Gasteiger charge is 2.33. The van der Waals surface area contributed by atoms with Crippen molar-refractivity contribution in [2.24, 2.45) is 0 Å². The molecule has 1 aliphatic rings. The van der Waals surface area contributed by atoms with Crippen molar-refractivity contribution in [3.05, 3.63) is 74.8 Å². The summed E-state index contributed by atoms with van der Waals surface area (Å²) in [6, 6.07) is 12.9. The highest BCUT2D eigenvalue weighted by molar-refractivity contribution is 6.42. The average molecular weight is 418 g/mol. The van der Waals surface area contributed by atoms with Crippen molar-refractivity contribution in [3.63, 3.8) is 0 Å². The molecule has 4 rings (SSSR count). The number of aliphatic hydroxyl groups is 1. The Morgan fingerprint density at radius 1 is 1.07 bits per heavy atom. The lowest BCUT2D eigenvalue weighted by Gasteiger charge is -2.38. The van der Waals surface area contributed by atoms with Crippen LogP contribution < -0.4 is 5.56 Å². The van der Waals surface area contributed by atoms with Crippen LogP contribution in [0, 0.1) is 0 Å². The molecule has 0 saturated carbocycles. The van der Waals surface area contributed by atoms with Gasteiger partial charge in [0.05, 0.1) is 39.4 Å². The Bertz CT molecular complexity index is 1060. The van der Waals surface area contributed by atoms with Crippen LogP contribution in [-0.2, 0) is 13.1 Å². The summed E-state index contributed by atoms with van der Waals surface area (Å²) in [5, 5.41) is 12.7. The predicted molar refractivity (Wildman–Crippen MR) is 112 cm³/mol. The molecular weight excluding hydrogens is 397 g/mol. The molecule has 3 aromatic rings. The largest absolute Gasteiger partial charge is 0.388 e. The number of aromatic nitrogens is 2. The maximum atomic E-state index is 12.7. The summed E-state index contributed by atoms with van der Waals surface area (Å²) < 4.78 is 1.52. The topological polar surface area (TPSA) is 58.4 Å².